The van der Waals surface area contributed by atoms with Crippen LogP contribution in [0, 0.1) is 0 Å². The summed E-state index contributed by atoms with van der Waals surface area (Å²) >= 11 is 0. The quantitative estimate of drug-likeness (QED) is 0.604. The molecule has 0 saturated heterocycles. The van der Waals surface area contributed by atoms with Crippen molar-refractivity contribution in [3.63, 3.8) is 0 Å². The summed E-state index contributed by atoms with van der Waals surface area (Å²) in [5, 5.41) is 2.48. The molecule has 4 heteroatoms. The largest absolute Gasteiger partial charge is 0.458 e. The number of hydrogen-bond acceptors (Lipinski definition) is 1. The van der Waals surface area contributed by atoms with E-state index in [1.807, 2.05) is 0 Å². The third-order valence-corrected chi connectivity index (χ3v) is 9.49. The predicted molar refractivity (Wildman–Crippen MR) is 56.5 cm³/mol. The molecule has 0 rings (SSSR count). The van der Waals surface area contributed by atoms with Gasteiger partial charge in [0.25, 0.3) is 0 Å². The Morgan fingerprint density at radius 3 is 2.00 bits per heavy atom. The van der Waals surface area contributed by atoms with E-state index in [4.69, 9.17) is 4.12 Å². The van der Waals surface area contributed by atoms with E-state index in [1.54, 1.807) is 0 Å². The lowest BCUT2D eigenvalue weighted by molar-refractivity contribution is 0.620. The Bertz CT molecular complexity index is 118. The van der Waals surface area contributed by atoms with Crippen molar-refractivity contribution in [2.45, 2.75) is 32.7 Å². The van der Waals surface area contributed by atoms with E-state index in [-0.39, 0.29) is 8.41 Å². The predicted octanol–water partition coefficient (Wildman–Crippen LogP) is 1.02. The monoisotopic (exact) mass is 190 g/mol. The van der Waals surface area contributed by atoms with Gasteiger partial charge in [-0.1, -0.05) is 18.4 Å². The molecule has 0 radical (unpaired) electrons. The molecule has 0 fully saturated rings. The van der Waals surface area contributed by atoms with E-state index in [0.29, 0.717) is 0 Å². The van der Waals surface area contributed by atoms with Crippen molar-refractivity contribution < 1.29 is 4.12 Å². The number of hydrogen-bond donors (Lipinski definition) is 0. The van der Waals surface area contributed by atoms with Crippen molar-refractivity contribution in [2.24, 2.45) is 0 Å². The van der Waals surface area contributed by atoms with Gasteiger partial charge in [-0.25, -0.2) is 0 Å². The fourth-order valence-electron chi connectivity index (χ4n) is 0.938. The second-order valence-corrected chi connectivity index (χ2v) is 11.2. The third kappa shape index (κ3) is 6.60. The summed E-state index contributed by atoms with van der Waals surface area (Å²) in [6.45, 7) is 11.4. The molecule has 0 N–H and O–H groups in total. The maximum atomic E-state index is 5.81. The average Bonchev–Trinajstić information content (AvgIpc) is 1.58. The van der Waals surface area contributed by atoms with Gasteiger partial charge in [0.05, 0.1) is 0 Å². The minimum atomic E-state index is -0.836. The molecule has 1 unspecified atom stereocenters. The highest BCUT2D eigenvalue weighted by Gasteiger charge is 2.02. The zero-order valence-corrected chi connectivity index (χ0v) is 10.9. The molecule has 0 amide bonds. The van der Waals surface area contributed by atoms with E-state index < -0.39 is 18.1 Å². The molecule has 60 valence electrons. The number of rotatable bonds is 3. The average molecular weight is 190 g/mol. The van der Waals surface area contributed by atoms with Gasteiger partial charge in [-0.2, -0.15) is 0 Å². The van der Waals surface area contributed by atoms with E-state index in [1.165, 1.54) is 0 Å². The molecule has 0 aliphatic carbocycles. The molecule has 10 heavy (non-hydrogen) atoms. The summed E-state index contributed by atoms with van der Waals surface area (Å²) in [6.07, 6.45) is 0. The Kier molecular flexibility index (Phi) is 5.42. The molecule has 0 aromatic heterocycles. The first-order chi connectivity index (χ1) is 4.52. The van der Waals surface area contributed by atoms with Gasteiger partial charge < -0.3 is 4.12 Å². The van der Waals surface area contributed by atoms with Gasteiger partial charge in [-0.15, -0.1) is 0 Å². The summed E-state index contributed by atoms with van der Waals surface area (Å²) < 4.78 is 5.81. The summed E-state index contributed by atoms with van der Waals surface area (Å²) in [5.41, 5.74) is 0. The van der Waals surface area contributed by atoms with Gasteiger partial charge in [0.15, 0.2) is 18.1 Å². The topological polar surface area (TPSA) is 9.23 Å². The smallest absolute Gasteiger partial charge is 0.180 e. The normalized spacial score (nSPS) is 13.4. The SMILES string of the molecule is C[Si](C)=C[SiH](C)O[SiH](C)C. The fourth-order valence-corrected chi connectivity index (χ4v) is 9.15. The third-order valence-electron chi connectivity index (χ3n) is 1.05. The summed E-state index contributed by atoms with van der Waals surface area (Å²) in [7, 11) is -1.72. The summed E-state index contributed by atoms with van der Waals surface area (Å²) in [6, 6.07) is 0. The maximum absolute atomic E-state index is 5.81. The van der Waals surface area contributed by atoms with Gasteiger partial charge in [0, 0.05) is 0 Å². The lowest BCUT2D eigenvalue weighted by Crippen LogP contribution is -2.25. The first-order valence-corrected chi connectivity index (χ1v) is 11.5. The Labute approximate surface area is 69.1 Å². The first kappa shape index (κ1) is 10.5. The van der Waals surface area contributed by atoms with Crippen molar-refractivity contribution in [1.29, 1.82) is 0 Å². The van der Waals surface area contributed by atoms with Crippen molar-refractivity contribution in [1.82, 2.24) is 0 Å². The summed E-state index contributed by atoms with van der Waals surface area (Å²) in [5.74, 6) is 0. The lowest BCUT2D eigenvalue weighted by Gasteiger charge is -2.10. The second-order valence-electron chi connectivity index (χ2n) is 3.13. The van der Waals surface area contributed by atoms with E-state index in [2.05, 4.69) is 38.0 Å². The molecular formula is C6H18OSi3. The first-order valence-electron chi connectivity index (χ1n) is 3.83. The zero-order valence-electron chi connectivity index (χ0n) is 7.64. The highest BCUT2D eigenvalue weighted by Crippen LogP contribution is 1.87. The molecule has 0 aliphatic heterocycles. The maximum Gasteiger partial charge on any atom is 0.180 e. The van der Waals surface area contributed by atoms with Crippen LogP contribution >= 0.6 is 0 Å². The Hall–Kier alpha value is 0.481. The highest BCUT2D eigenvalue weighted by molar-refractivity contribution is 6.98. The van der Waals surface area contributed by atoms with E-state index in [0.717, 1.165) is 0 Å². The molecule has 1 nitrogen and oxygen atoms in total. The van der Waals surface area contributed by atoms with Crippen LogP contribution in [0.3, 0.4) is 0 Å². The Morgan fingerprint density at radius 2 is 1.70 bits per heavy atom. The van der Waals surface area contributed by atoms with Gasteiger partial charge >= 0.3 is 0 Å². The highest BCUT2D eigenvalue weighted by atomic mass is 28.4. The zero-order chi connectivity index (χ0) is 8.15. The fraction of sp³-hybridized carbons (Fsp3) is 0.833. The van der Waals surface area contributed by atoms with Crippen molar-refractivity contribution in [3.05, 3.63) is 0 Å². The molecule has 0 bridgehead atoms. The van der Waals surface area contributed by atoms with Crippen LogP contribution in [0.4, 0.5) is 0 Å². The molecule has 0 saturated carbocycles. The molecule has 0 spiro atoms. The van der Waals surface area contributed by atoms with Gasteiger partial charge in [0.1, 0.15) is 0 Å². The molecule has 0 aliphatic rings. The van der Waals surface area contributed by atoms with Crippen LogP contribution in [0.25, 0.3) is 0 Å². The molecule has 0 aromatic rings. The van der Waals surface area contributed by atoms with Crippen molar-refractivity contribution in [2.75, 3.05) is 0 Å². The van der Waals surface area contributed by atoms with Crippen LogP contribution < -0.4 is 0 Å². The van der Waals surface area contributed by atoms with Crippen LogP contribution in [-0.4, -0.2) is 31.8 Å². The van der Waals surface area contributed by atoms with E-state index in [9.17, 15) is 0 Å². The molecule has 0 aromatic carbocycles. The Balaban J connectivity index is 3.64. The van der Waals surface area contributed by atoms with Crippen LogP contribution in [0.1, 0.15) is 0 Å². The minimum Gasteiger partial charge on any atom is -0.458 e. The van der Waals surface area contributed by atoms with Crippen molar-refractivity contribution in [3.8, 4) is 0 Å². The van der Waals surface area contributed by atoms with Crippen molar-refractivity contribution >= 4 is 31.8 Å². The molecular weight excluding hydrogens is 172 g/mol. The van der Waals surface area contributed by atoms with Crippen LogP contribution in [-0.2, 0) is 4.12 Å². The van der Waals surface area contributed by atoms with E-state index >= 15 is 0 Å². The second kappa shape index (κ2) is 5.17. The standard InChI is InChI=1S/C6H18OSi3/c1-8(2)6-10(5)7-9(3)4/h6,9-10H,1-5H3. The van der Waals surface area contributed by atoms with Crippen LogP contribution in [0.5, 0.6) is 0 Å². The lowest BCUT2D eigenvalue weighted by atomic mass is 11.8. The minimum absolute atomic E-state index is 0.145. The molecule has 1 atom stereocenters. The van der Waals surface area contributed by atoms with Crippen LogP contribution in [0.2, 0.25) is 32.7 Å². The summed E-state index contributed by atoms with van der Waals surface area (Å²) in [4.78, 5) is 0. The van der Waals surface area contributed by atoms with Crippen LogP contribution in [0.15, 0.2) is 0 Å². The van der Waals surface area contributed by atoms with Gasteiger partial charge in [-0.05, 0) is 28.0 Å². The Morgan fingerprint density at radius 1 is 1.20 bits per heavy atom. The van der Waals surface area contributed by atoms with Gasteiger partial charge in [-0.3, -0.25) is 0 Å². The molecule has 0 heterocycles. The van der Waals surface area contributed by atoms with Gasteiger partial charge in [0.2, 0.25) is 0 Å².